The lowest BCUT2D eigenvalue weighted by molar-refractivity contribution is 0.571. The number of rotatable bonds is 5. The summed E-state index contributed by atoms with van der Waals surface area (Å²) < 4.78 is 16.0. The number of hydrogen-bond acceptors (Lipinski definition) is 3. The molecule has 1 aromatic heterocycles. The second-order valence-corrected chi connectivity index (χ2v) is 4.89. The van der Waals surface area contributed by atoms with E-state index in [1.807, 2.05) is 13.8 Å². The Morgan fingerprint density at radius 1 is 1.35 bits per heavy atom. The number of aryl methyl sites for hydroxylation is 2. The van der Waals surface area contributed by atoms with Crippen LogP contribution in [-0.4, -0.2) is 19.8 Å². The molecule has 6 heteroatoms. The Hall–Kier alpha value is -1.82. The van der Waals surface area contributed by atoms with Gasteiger partial charge in [0.05, 0.1) is 6.54 Å². The van der Waals surface area contributed by atoms with Gasteiger partial charge in [-0.05, 0) is 6.07 Å². The molecule has 2 N–H and O–H groups in total. The van der Waals surface area contributed by atoms with E-state index in [1.165, 1.54) is 0 Å². The third kappa shape index (κ3) is 2.85. The smallest absolute Gasteiger partial charge is 0.150 e. The van der Waals surface area contributed by atoms with Crippen LogP contribution in [0.4, 0.5) is 4.39 Å². The van der Waals surface area contributed by atoms with Crippen molar-refractivity contribution in [2.45, 2.75) is 33.2 Å². The molecule has 1 heterocycles. The largest absolute Gasteiger partial charge is 0.389 e. The summed E-state index contributed by atoms with van der Waals surface area (Å²) in [6.07, 6.45) is 1.51. The fourth-order valence-electron chi connectivity index (χ4n) is 2.02. The Kier molecular flexibility index (Phi) is 4.44. The predicted octanol–water partition coefficient (Wildman–Crippen LogP) is 2.22. The van der Waals surface area contributed by atoms with Crippen molar-refractivity contribution in [1.29, 1.82) is 0 Å². The molecule has 4 nitrogen and oxygen atoms in total. The molecule has 0 saturated carbocycles. The molecular weight excluding hydrogens is 275 g/mol. The first-order valence-electron chi connectivity index (χ1n) is 6.56. The lowest BCUT2D eigenvalue weighted by Crippen LogP contribution is -2.14. The molecule has 20 heavy (non-hydrogen) atoms. The number of halogens is 1. The number of thiocarbonyl (C=S) groups is 1. The molecule has 1 aromatic carbocycles. The van der Waals surface area contributed by atoms with Gasteiger partial charge in [0.25, 0.3) is 0 Å². The Morgan fingerprint density at radius 2 is 2.10 bits per heavy atom. The predicted molar refractivity (Wildman–Crippen MR) is 80.2 cm³/mol. The molecule has 0 spiro atoms. The van der Waals surface area contributed by atoms with Gasteiger partial charge in [-0.1, -0.05) is 38.2 Å². The number of nitrogens with zero attached hydrogens (tertiary/aromatic N) is 3. The maximum absolute atomic E-state index is 14.3. The fraction of sp³-hybridized carbons (Fsp3) is 0.357. The highest BCUT2D eigenvalue weighted by Crippen LogP contribution is 2.15. The maximum atomic E-state index is 14.3. The van der Waals surface area contributed by atoms with E-state index >= 15 is 0 Å². The first-order chi connectivity index (χ1) is 9.56. The van der Waals surface area contributed by atoms with Crippen LogP contribution >= 0.6 is 12.2 Å². The average molecular weight is 292 g/mol. The van der Waals surface area contributed by atoms with Crippen molar-refractivity contribution in [3.8, 4) is 0 Å². The minimum absolute atomic E-state index is 0.0629. The van der Waals surface area contributed by atoms with Crippen LogP contribution in [0, 0.1) is 5.82 Å². The normalized spacial score (nSPS) is 10.8. The molecule has 0 fully saturated rings. The summed E-state index contributed by atoms with van der Waals surface area (Å²) in [5.74, 6) is 1.24. The summed E-state index contributed by atoms with van der Waals surface area (Å²) in [4.78, 5) is 4.47. The van der Waals surface area contributed by atoms with Gasteiger partial charge in [0.1, 0.15) is 16.6 Å². The Bertz CT molecular complexity index is 636. The maximum Gasteiger partial charge on any atom is 0.150 e. The SMILES string of the molecule is CCc1nc(CC)n(Cc2cccc(C(N)=S)c2F)n1. The van der Waals surface area contributed by atoms with Crippen LogP contribution in [0.15, 0.2) is 18.2 Å². The summed E-state index contributed by atoms with van der Waals surface area (Å²) in [5, 5.41) is 4.39. The average Bonchev–Trinajstić information content (AvgIpc) is 2.83. The van der Waals surface area contributed by atoms with Gasteiger partial charge in [0.2, 0.25) is 0 Å². The van der Waals surface area contributed by atoms with Crippen molar-refractivity contribution in [3.63, 3.8) is 0 Å². The number of nitrogens with two attached hydrogens (primary N) is 1. The van der Waals surface area contributed by atoms with Crippen LogP contribution in [0.25, 0.3) is 0 Å². The molecular formula is C14H17FN4S. The van der Waals surface area contributed by atoms with E-state index in [-0.39, 0.29) is 16.4 Å². The highest BCUT2D eigenvalue weighted by molar-refractivity contribution is 7.80. The second-order valence-electron chi connectivity index (χ2n) is 4.45. The van der Waals surface area contributed by atoms with Gasteiger partial charge in [-0.2, -0.15) is 5.10 Å². The molecule has 0 aliphatic heterocycles. The van der Waals surface area contributed by atoms with Crippen molar-refractivity contribution in [3.05, 3.63) is 46.8 Å². The van der Waals surface area contributed by atoms with Gasteiger partial charge in [-0.15, -0.1) is 0 Å². The minimum atomic E-state index is -0.379. The number of benzene rings is 1. The molecule has 2 rings (SSSR count). The second kappa shape index (κ2) is 6.09. The van der Waals surface area contributed by atoms with Crippen LogP contribution in [-0.2, 0) is 19.4 Å². The summed E-state index contributed by atoms with van der Waals surface area (Å²) >= 11 is 4.85. The topological polar surface area (TPSA) is 56.7 Å². The van der Waals surface area contributed by atoms with E-state index in [0.717, 1.165) is 24.5 Å². The van der Waals surface area contributed by atoms with E-state index in [4.69, 9.17) is 18.0 Å². The van der Waals surface area contributed by atoms with Crippen LogP contribution in [0.3, 0.4) is 0 Å². The van der Waals surface area contributed by atoms with Crippen molar-refractivity contribution >= 4 is 17.2 Å². The fourth-order valence-corrected chi connectivity index (χ4v) is 2.18. The zero-order valence-electron chi connectivity index (χ0n) is 11.6. The quantitative estimate of drug-likeness (QED) is 0.859. The molecule has 0 atom stereocenters. The monoisotopic (exact) mass is 292 g/mol. The van der Waals surface area contributed by atoms with Gasteiger partial charge in [0.15, 0.2) is 5.82 Å². The van der Waals surface area contributed by atoms with E-state index in [9.17, 15) is 4.39 Å². The van der Waals surface area contributed by atoms with Gasteiger partial charge in [-0.25, -0.2) is 14.1 Å². The van der Waals surface area contributed by atoms with Crippen LogP contribution < -0.4 is 5.73 Å². The van der Waals surface area contributed by atoms with E-state index in [1.54, 1.807) is 22.9 Å². The van der Waals surface area contributed by atoms with E-state index in [0.29, 0.717) is 12.1 Å². The van der Waals surface area contributed by atoms with Gasteiger partial charge in [0, 0.05) is 24.0 Å². The highest BCUT2D eigenvalue weighted by atomic mass is 32.1. The van der Waals surface area contributed by atoms with Crippen LogP contribution in [0.5, 0.6) is 0 Å². The summed E-state index contributed by atoms with van der Waals surface area (Å²) in [7, 11) is 0. The summed E-state index contributed by atoms with van der Waals surface area (Å²) in [6, 6.07) is 5.04. The summed E-state index contributed by atoms with van der Waals surface area (Å²) in [5.41, 5.74) is 6.30. The third-order valence-electron chi connectivity index (χ3n) is 3.09. The Morgan fingerprint density at radius 3 is 2.70 bits per heavy atom. The van der Waals surface area contributed by atoms with Crippen LogP contribution in [0.1, 0.15) is 36.6 Å². The number of hydrogen-bond donors (Lipinski definition) is 1. The summed E-state index contributed by atoms with van der Waals surface area (Å²) in [6.45, 7) is 4.33. The third-order valence-corrected chi connectivity index (χ3v) is 3.31. The zero-order chi connectivity index (χ0) is 14.7. The minimum Gasteiger partial charge on any atom is -0.389 e. The molecule has 0 unspecified atom stereocenters. The molecule has 106 valence electrons. The molecule has 0 aliphatic rings. The first kappa shape index (κ1) is 14.6. The standard InChI is InChI=1S/C14H17FN4S/c1-3-11-17-12(4-2)19(18-11)8-9-6-5-7-10(13(9)15)14(16)20/h5-7H,3-4,8H2,1-2H3,(H2,16,20). The molecule has 0 bridgehead atoms. The first-order valence-corrected chi connectivity index (χ1v) is 6.97. The Labute approximate surface area is 122 Å². The lowest BCUT2D eigenvalue weighted by atomic mass is 10.1. The van der Waals surface area contributed by atoms with E-state index in [2.05, 4.69) is 10.1 Å². The van der Waals surface area contributed by atoms with E-state index < -0.39 is 0 Å². The molecule has 0 radical (unpaired) electrons. The van der Waals surface area contributed by atoms with Gasteiger partial charge < -0.3 is 5.73 Å². The molecule has 0 saturated heterocycles. The Balaban J connectivity index is 2.37. The van der Waals surface area contributed by atoms with Crippen molar-refractivity contribution < 1.29 is 4.39 Å². The van der Waals surface area contributed by atoms with Crippen LogP contribution in [0.2, 0.25) is 0 Å². The lowest BCUT2D eigenvalue weighted by Gasteiger charge is -2.08. The highest BCUT2D eigenvalue weighted by Gasteiger charge is 2.13. The van der Waals surface area contributed by atoms with Crippen molar-refractivity contribution in [1.82, 2.24) is 14.8 Å². The molecule has 2 aromatic rings. The number of aromatic nitrogens is 3. The van der Waals surface area contributed by atoms with Gasteiger partial charge in [-0.3, -0.25) is 0 Å². The zero-order valence-corrected chi connectivity index (χ0v) is 12.4. The van der Waals surface area contributed by atoms with Crippen molar-refractivity contribution in [2.75, 3.05) is 0 Å². The molecule has 0 amide bonds. The van der Waals surface area contributed by atoms with Crippen molar-refractivity contribution in [2.24, 2.45) is 5.73 Å². The van der Waals surface area contributed by atoms with Gasteiger partial charge >= 0.3 is 0 Å². The molecule has 0 aliphatic carbocycles.